The van der Waals surface area contributed by atoms with Gasteiger partial charge in [-0.1, -0.05) is 12.5 Å². The van der Waals surface area contributed by atoms with Crippen LogP contribution in [0.2, 0.25) is 0 Å². The Kier molecular flexibility index (Phi) is 5.93. The lowest BCUT2D eigenvalue weighted by atomic mass is 9.72. The van der Waals surface area contributed by atoms with Gasteiger partial charge in [0.1, 0.15) is 12.2 Å². The zero-order valence-electron chi connectivity index (χ0n) is 19.8. The molecule has 1 amide bonds. The summed E-state index contributed by atoms with van der Waals surface area (Å²) < 4.78 is 44.9. The first-order chi connectivity index (χ1) is 17.1. The van der Waals surface area contributed by atoms with Crippen molar-refractivity contribution in [3.05, 3.63) is 82.1 Å². The Hall–Kier alpha value is -3.89. The van der Waals surface area contributed by atoms with Gasteiger partial charge in [0.05, 0.1) is 16.8 Å². The van der Waals surface area contributed by atoms with E-state index in [1.54, 1.807) is 12.4 Å². The lowest BCUT2D eigenvalue weighted by Gasteiger charge is -2.33. The molecule has 1 fully saturated rings. The van der Waals surface area contributed by atoms with Crippen LogP contribution < -0.4 is 11.0 Å². The molecular weight excluding hydrogens is 473 g/mol. The van der Waals surface area contributed by atoms with Crippen molar-refractivity contribution >= 4 is 11.4 Å². The Balaban J connectivity index is 1.70. The fraction of sp³-hybridized carbons (Fsp3) is 0.360. The molecule has 5 rings (SSSR count). The molecule has 3 heterocycles. The van der Waals surface area contributed by atoms with Crippen molar-refractivity contribution in [1.29, 1.82) is 0 Å². The van der Waals surface area contributed by atoms with Crippen molar-refractivity contribution in [1.82, 2.24) is 29.0 Å². The molecule has 0 bridgehead atoms. The van der Waals surface area contributed by atoms with E-state index in [1.807, 2.05) is 23.7 Å². The Labute approximate surface area is 204 Å². The van der Waals surface area contributed by atoms with E-state index >= 15 is 0 Å². The van der Waals surface area contributed by atoms with Crippen molar-refractivity contribution in [2.24, 2.45) is 13.0 Å². The number of imidazole rings is 1. The van der Waals surface area contributed by atoms with Crippen LogP contribution in [-0.2, 0) is 24.6 Å². The third-order valence-electron chi connectivity index (χ3n) is 6.83. The maximum Gasteiger partial charge on any atom is 0.418 e. The number of hydrogen-bond acceptors (Lipinski definition) is 4. The van der Waals surface area contributed by atoms with E-state index in [0.29, 0.717) is 11.6 Å². The highest BCUT2D eigenvalue weighted by atomic mass is 19.4. The van der Waals surface area contributed by atoms with Crippen LogP contribution in [0.25, 0.3) is 11.2 Å². The summed E-state index contributed by atoms with van der Waals surface area (Å²) in [5, 5.41) is 11.1. The molecule has 8 nitrogen and oxygen atoms in total. The molecule has 36 heavy (non-hydrogen) atoms. The quantitative estimate of drug-likeness (QED) is 0.438. The summed E-state index contributed by atoms with van der Waals surface area (Å²) >= 11 is 0. The normalized spacial score (nSPS) is 15.1. The number of rotatable bonds is 6. The number of hydrogen-bond donors (Lipinski definition) is 1. The molecule has 1 saturated carbocycles. The largest absolute Gasteiger partial charge is 0.418 e. The number of nitrogens with zero attached hydrogens (tertiary/aromatic N) is 5. The van der Waals surface area contributed by atoms with E-state index < -0.39 is 17.4 Å². The van der Waals surface area contributed by atoms with Gasteiger partial charge in [0.15, 0.2) is 0 Å². The van der Waals surface area contributed by atoms with E-state index in [2.05, 4.69) is 15.5 Å². The average molecular weight is 499 g/mol. The SMILES string of the molecule is CC(=O)NCc1cc([C@@H](c2nncn2C)C2CCC2)cc(-n2cc3c(C(F)(F)F)cccn3c2=O)c1. The summed E-state index contributed by atoms with van der Waals surface area (Å²) in [6.45, 7) is 1.62. The molecular formula is C25H25F3N6O2. The number of aryl methyl sites for hydroxylation is 1. The van der Waals surface area contributed by atoms with Crippen molar-refractivity contribution < 1.29 is 18.0 Å². The zero-order valence-corrected chi connectivity index (χ0v) is 19.8. The third kappa shape index (κ3) is 4.29. The number of alkyl halides is 3. The Morgan fingerprint density at radius 3 is 2.64 bits per heavy atom. The third-order valence-corrected chi connectivity index (χ3v) is 6.83. The molecule has 0 radical (unpaired) electrons. The van der Waals surface area contributed by atoms with Crippen molar-refractivity contribution in [2.75, 3.05) is 0 Å². The molecule has 4 aromatic rings. The summed E-state index contributed by atoms with van der Waals surface area (Å²) in [6.07, 6.45) is 2.68. The zero-order chi connectivity index (χ0) is 25.6. The van der Waals surface area contributed by atoms with Gasteiger partial charge in [-0.15, -0.1) is 10.2 Å². The molecule has 0 spiro atoms. The maximum absolute atomic E-state index is 13.6. The van der Waals surface area contributed by atoms with Gasteiger partial charge in [0.25, 0.3) is 0 Å². The predicted molar refractivity (Wildman–Crippen MR) is 126 cm³/mol. The number of carbonyl (C=O) groups excluding carboxylic acids is 1. The molecule has 3 aromatic heterocycles. The number of fused-ring (bicyclic) bond motifs is 1. The highest BCUT2D eigenvalue weighted by molar-refractivity contribution is 5.72. The van der Waals surface area contributed by atoms with Gasteiger partial charge >= 0.3 is 11.9 Å². The van der Waals surface area contributed by atoms with Crippen molar-refractivity contribution in [3.63, 3.8) is 0 Å². The van der Waals surface area contributed by atoms with E-state index in [9.17, 15) is 22.8 Å². The summed E-state index contributed by atoms with van der Waals surface area (Å²) in [4.78, 5) is 24.8. The number of halogens is 3. The highest BCUT2D eigenvalue weighted by Gasteiger charge is 2.35. The van der Waals surface area contributed by atoms with Crippen molar-refractivity contribution in [2.45, 2.75) is 44.8 Å². The maximum atomic E-state index is 13.6. The van der Waals surface area contributed by atoms with Crippen LogP contribution in [0.1, 0.15) is 54.6 Å². The van der Waals surface area contributed by atoms with Gasteiger partial charge in [0.2, 0.25) is 5.91 Å². The first kappa shape index (κ1) is 23.8. The van der Waals surface area contributed by atoms with Crippen LogP contribution >= 0.6 is 0 Å². The predicted octanol–water partition coefficient (Wildman–Crippen LogP) is 3.81. The van der Waals surface area contributed by atoms with Crippen LogP contribution in [0.4, 0.5) is 13.2 Å². The van der Waals surface area contributed by atoms with Crippen molar-refractivity contribution in [3.8, 4) is 5.69 Å². The fourth-order valence-corrected chi connectivity index (χ4v) is 4.86. The van der Waals surface area contributed by atoms with Crippen LogP contribution in [0.5, 0.6) is 0 Å². The number of nitrogens with one attached hydrogen (secondary N) is 1. The Morgan fingerprint density at radius 1 is 1.25 bits per heavy atom. The molecule has 1 atom stereocenters. The smallest absolute Gasteiger partial charge is 0.352 e. The van der Waals surface area contributed by atoms with Crippen LogP contribution in [0.15, 0.2) is 53.8 Å². The fourth-order valence-electron chi connectivity index (χ4n) is 4.86. The first-order valence-electron chi connectivity index (χ1n) is 11.7. The van der Waals surface area contributed by atoms with Gasteiger partial charge in [-0.25, -0.2) is 4.79 Å². The summed E-state index contributed by atoms with van der Waals surface area (Å²) in [5.41, 5.74) is 0.280. The van der Waals surface area contributed by atoms with Gasteiger partial charge in [-0.05, 0) is 54.2 Å². The summed E-state index contributed by atoms with van der Waals surface area (Å²) in [7, 11) is 1.87. The molecule has 1 aromatic carbocycles. The van der Waals surface area contributed by atoms with Gasteiger partial charge in [-0.3, -0.25) is 13.8 Å². The minimum Gasteiger partial charge on any atom is -0.352 e. The summed E-state index contributed by atoms with van der Waals surface area (Å²) in [6, 6.07) is 7.66. The number of carbonyl (C=O) groups is 1. The molecule has 1 aliphatic rings. The molecule has 0 aliphatic heterocycles. The van der Waals surface area contributed by atoms with E-state index in [0.717, 1.165) is 46.7 Å². The lowest BCUT2D eigenvalue weighted by molar-refractivity contribution is -0.136. The number of pyridine rings is 1. The molecule has 0 saturated heterocycles. The highest BCUT2D eigenvalue weighted by Crippen LogP contribution is 2.43. The number of amides is 1. The second kappa shape index (κ2) is 8.96. The minimum atomic E-state index is -4.61. The number of benzene rings is 1. The minimum absolute atomic E-state index is 0.110. The first-order valence-corrected chi connectivity index (χ1v) is 11.7. The monoisotopic (exact) mass is 498 g/mol. The van der Waals surface area contributed by atoms with Crippen LogP contribution in [0.3, 0.4) is 0 Å². The topological polar surface area (TPSA) is 86.2 Å². The molecule has 0 unspecified atom stereocenters. The molecule has 1 N–H and O–H groups in total. The van der Waals surface area contributed by atoms with Gasteiger partial charge < -0.3 is 9.88 Å². The standard InChI is InChI=1S/C25H25F3N6O2/c1-15(35)29-12-16-9-18(22(17-5-3-6-17)23-31-30-14-32(23)2)11-19(10-16)34-13-21-20(25(26,27)28)7-4-8-33(21)24(34)36/h4,7-11,13-14,17,22H,3,5-6,12H2,1-2H3,(H,29,35)/t22-/m0/s1. The Morgan fingerprint density at radius 2 is 2.03 bits per heavy atom. The van der Waals surface area contributed by atoms with Crippen LogP contribution in [-0.4, -0.2) is 29.6 Å². The summed E-state index contributed by atoms with van der Waals surface area (Å²) in [5.74, 6) is 0.766. The lowest BCUT2D eigenvalue weighted by Crippen LogP contribution is -2.25. The second-order valence-corrected chi connectivity index (χ2v) is 9.27. The van der Waals surface area contributed by atoms with E-state index in [-0.39, 0.29) is 23.9 Å². The molecule has 11 heteroatoms. The average Bonchev–Trinajstić information content (AvgIpc) is 3.36. The second-order valence-electron chi connectivity index (χ2n) is 9.27. The van der Waals surface area contributed by atoms with E-state index in [4.69, 9.17) is 0 Å². The molecule has 188 valence electrons. The van der Waals surface area contributed by atoms with E-state index in [1.165, 1.54) is 30.0 Å². The van der Waals surface area contributed by atoms with Gasteiger partial charge in [0, 0.05) is 38.8 Å². The Bertz CT molecular complexity index is 1500. The van der Waals surface area contributed by atoms with Gasteiger partial charge in [-0.2, -0.15) is 13.2 Å². The number of aromatic nitrogens is 5. The molecule has 1 aliphatic carbocycles. The van der Waals surface area contributed by atoms with Crippen LogP contribution in [0, 0.1) is 5.92 Å².